The van der Waals surface area contributed by atoms with E-state index in [4.69, 9.17) is 4.74 Å². The molecule has 2 aromatic rings. The number of carbonyl (C=O) groups is 1. The van der Waals surface area contributed by atoms with E-state index in [1.807, 2.05) is 42.5 Å². The number of hydrogen-bond donors (Lipinski definition) is 0. The minimum Gasteiger partial charge on any atom is -0.497 e. The van der Waals surface area contributed by atoms with Gasteiger partial charge in [-0.25, -0.2) is 0 Å². The maximum Gasteiger partial charge on any atom is 0.173 e. The molecule has 21 heavy (non-hydrogen) atoms. The van der Waals surface area contributed by atoms with Crippen LogP contribution in [0.15, 0.2) is 54.6 Å². The van der Waals surface area contributed by atoms with E-state index in [2.05, 4.69) is 26.0 Å². The molecule has 0 amide bonds. The van der Waals surface area contributed by atoms with Crippen molar-refractivity contribution in [2.45, 2.75) is 32.1 Å². The molecule has 0 unspecified atom stereocenters. The smallest absolute Gasteiger partial charge is 0.173 e. The van der Waals surface area contributed by atoms with E-state index in [1.165, 1.54) is 0 Å². The lowest BCUT2D eigenvalue weighted by molar-refractivity contribution is 0.0873. The molecule has 0 aromatic heterocycles. The van der Waals surface area contributed by atoms with E-state index in [-0.39, 0.29) is 5.78 Å². The number of carbonyl (C=O) groups excluding carboxylic acids is 1. The highest BCUT2D eigenvalue weighted by molar-refractivity contribution is 6.04. The molecular formula is C19H22O2. The zero-order chi connectivity index (χ0) is 15.3. The fourth-order valence-electron chi connectivity index (χ4n) is 2.89. The Morgan fingerprint density at radius 2 is 1.52 bits per heavy atom. The monoisotopic (exact) mass is 282 g/mol. The van der Waals surface area contributed by atoms with E-state index in [0.29, 0.717) is 0 Å². The van der Waals surface area contributed by atoms with Crippen molar-refractivity contribution < 1.29 is 9.53 Å². The van der Waals surface area contributed by atoms with Crippen LogP contribution in [0, 0.1) is 0 Å². The van der Waals surface area contributed by atoms with Gasteiger partial charge in [-0.1, -0.05) is 44.2 Å². The number of ketones is 1. The van der Waals surface area contributed by atoms with Crippen molar-refractivity contribution in [3.05, 3.63) is 65.7 Å². The molecule has 0 fully saturated rings. The Balaban J connectivity index is 2.44. The Morgan fingerprint density at radius 3 is 2.00 bits per heavy atom. The van der Waals surface area contributed by atoms with Gasteiger partial charge in [-0.15, -0.1) is 0 Å². The van der Waals surface area contributed by atoms with Crippen molar-refractivity contribution in [3.8, 4) is 5.75 Å². The minimum atomic E-state index is -0.449. The number of methoxy groups -OCH3 is 1. The molecule has 0 saturated heterocycles. The predicted molar refractivity (Wildman–Crippen MR) is 86.0 cm³/mol. The lowest BCUT2D eigenvalue weighted by atomic mass is 9.70. The van der Waals surface area contributed by atoms with Crippen molar-refractivity contribution in [3.63, 3.8) is 0 Å². The second-order valence-electron chi connectivity index (χ2n) is 5.21. The Hall–Kier alpha value is -2.09. The van der Waals surface area contributed by atoms with Gasteiger partial charge in [0.25, 0.3) is 0 Å². The molecule has 2 rings (SSSR count). The molecule has 0 aliphatic heterocycles. The van der Waals surface area contributed by atoms with E-state index >= 15 is 0 Å². The fourth-order valence-corrected chi connectivity index (χ4v) is 2.89. The molecule has 0 atom stereocenters. The summed E-state index contributed by atoms with van der Waals surface area (Å²) in [5, 5.41) is 0. The van der Waals surface area contributed by atoms with Gasteiger partial charge in [-0.3, -0.25) is 4.79 Å². The van der Waals surface area contributed by atoms with Crippen molar-refractivity contribution in [2.24, 2.45) is 0 Å². The maximum atomic E-state index is 13.1. The molecule has 0 saturated carbocycles. The normalized spacial score (nSPS) is 11.2. The van der Waals surface area contributed by atoms with Crippen LogP contribution in [0.5, 0.6) is 5.75 Å². The second kappa shape index (κ2) is 6.57. The molecule has 0 bridgehead atoms. The standard InChI is InChI=1S/C19H22O2/c1-4-19(5-2,16-9-7-6-8-10-16)18(20)15-11-13-17(21-3)14-12-15/h6-14H,4-5H2,1-3H3. The molecule has 0 heterocycles. The first-order valence-corrected chi connectivity index (χ1v) is 7.42. The molecule has 110 valence electrons. The second-order valence-corrected chi connectivity index (χ2v) is 5.21. The van der Waals surface area contributed by atoms with Gasteiger partial charge >= 0.3 is 0 Å². The third-order valence-electron chi connectivity index (χ3n) is 4.32. The first kappa shape index (κ1) is 15.3. The van der Waals surface area contributed by atoms with Crippen LogP contribution in [-0.4, -0.2) is 12.9 Å². The molecule has 2 nitrogen and oxygen atoms in total. The van der Waals surface area contributed by atoms with Gasteiger partial charge < -0.3 is 4.74 Å². The largest absolute Gasteiger partial charge is 0.497 e. The van der Waals surface area contributed by atoms with E-state index in [0.717, 1.165) is 29.7 Å². The Morgan fingerprint density at radius 1 is 0.952 bits per heavy atom. The number of rotatable bonds is 6. The van der Waals surface area contributed by atoms with Gasteiger partial charge in [0, 0.05) is 5.56 Å². The molecule has 0 aliphatic carbocycles. The molecule has 2 aromatic carbocycles. The highest BCUT2D eigenvalue weighted by atomic mass is 16.5. The SMILES string of the molecule is CCC(CC)(C(=O)c1ccc(OC)cc1)c1ccccc1. The molecule has 0 N–H and O–H groups in total. The predicted octanol–water partition coefficient (Wildman–Crippen LogP) is 4.64. The topological polar surface area (TPSA) is 26.3 Å². The van der Waals surface area contributed by atoms with Crippen LogP contribution in [-0.2, 0) is 5.41 Å². The number of Topliss-reactive ketones (excluding diaryl/α,β-unsaturated/α-hetero) is 1. The van der Waals surface area contributed by atoms with Gasteiger partial charge in [0.05, 0.1) is 12.5 Å². The van der Waals surface area contributed by atoms with Crippen molar-refractivity contribution >= 4 is 5.78 Å². The highest BCUT2D eigenvalue weighted by Gasteiger charge is 2.36. The zero-order valence-electron chi connectivity index (χ0n) is 12.9. The van der Waals surface area contributed by atoms with Gasteiger partial charge in [-0.2, -0.15) is 0 Å². The minimum absolute atomic E-state index is 0.182. The molecule has 0 radical (unpaired) electrons. The van der Waals surface area contributed by atoms with Gasteiger partial charge in [0.15, 0.2) is 5.78 Å². The summed E-state index contributed by atoms with van der Waals surface area (Å²) in [5.74, 6) is 0.950. The summed E-state index contributed by atoms with van der Waals surface area (Å²) in [6.45, 7) is 4.16. The summed E-state index contributed by atoms with van der Waals surface area (Å²) in [7, 11) is 1.63. The third-order valence-corrected chi connectivity index (χ3v) is 4.32. The van der Waals surface area contributed by atoms with Crippen LogP contribution in [0.3, 0.4) is 0 Å². The molecule has 0 spiro atoms. The van der Waals surface area contributed by atoms with Gasteiger partial charge in [0.2, 0.25) is 0 Å². The number of hydrogen-bond acceptors (Lipinski definition) is 2. The number of benzene rings is 2. The summed E-state index contributed by atoms with van der Waals surface area (Å²) >= 11 is 0. The van der Waals surface area contributed by atoms with Crippen LogP contribution in [0.1, 0.15) is 42.6 Å². The lowest BCUT2D eigenvalue weighted by Gasteiger charge is -2.31. The first-order valence-electron chi connectivity index (χ1n) is 7.42. The van der Waals surface area contributed by atoms with Crippen molar-refractivity contribution in [1.82, 2.24) is 0 Å². The van der Waals surface area contributed by atoms with E-state index in [9.17, 15) is 4.79 Å². The van der Waals surface area contributed by atoms with Gasteiger partial charge in [-0.05, 0) is 42.7 Å². The average molecular weight is 282 g/mol. The average Bonchev–Trinajstić information content (AvgIpc) is 2.57. The van der Waals surface area contributed by atoms with E-state index < -0.39 is 5.41 Å². The van der Waals surface area contributed by atoms with Gasteiger partial charge in [0.1, 0.15) is 5.75 Å². The fraction of sp³-hybridized carbons (Fsp3) is 0.316. The zero-order valence-corrected chi connectivity index (χ0v) is 12.9. The molecule has 0 aliphatic rings. The van der Waals surface area contributed by atoms with Crippen LogP contribution in [0.4, 0.5) is 0 Å². The van der Waals surface area contributed by atoms with Crippen LogP contribution >= 0.6 is 0 Å². The van der Waals surface area contributed by atoms with Crippen LogP contribution in [0.2, 0.25) is 0 Å². The molecular weight excluding hydrogens is 260 g/mol. The first-order chi connectivity index (χ1) is 10.2. The van der Waals surface area contributed by atoms with E-state index in [1.54, 1.807) is 7.11 Å². The summed E-state index contributed by atoms with van der Waals surface area (Å²) in [5.41, 5.74) is 1.38. The summed E-state index contributed by atoms with van der Waals surface area (Å²) < 4.78 is 5.16. The Labute approximate surface area is 126 Å². The third kappa shape index (κ3) is 2.85. The Bertz CT molecular complexity index is 581. The van der Waals surface area contributed by atoms with Crippen LogP contribution in [0.25, 0.3) is 0 Å². The summed E-state index contributed by atoms with van der Waals surface area (Å²) in [6.07, 6.45) is 1.58. The van der Waals surface area contributed by atoms with Crippen molar-refractivity contribution in [2.75, 3.05) is 7.11 Å². The summed E-state index contributed by atoms with van der Waals surface area (Å²) in [6, 6.07) is 17.5. The Kier molecular flexibility index (Phi) is 4.79. The van der Waals surface area contributed by atoms with Crippen LogP contribution < -0.4 is 4.74 Å². The van der Waals surface area contributed by atoms with Crippen molar-refractivity contribution in [1.29, 1.82) is 0 Å². The maximum absolute atomic E-state index is 13.1. The number of ether oxygens (including phenoxy) is 1. The highest BCUT2D eigenvalue weighted by Crippen LogP contribution is 2.35. The summed E-state index contributed by atoms with van der Waals surface area (Å²) in [4.78, 5) is 13.1. The lowest BCUT2D eigenvalue weighted by Crippen LogP contribution is -2.34. The molecule has 2 heteroatoms. The quantitative estimate of drug-likeness (QED) is 0.722.